The molecule has 2 heterocycles. The first-order valence-corrected chi connectivity index (χ1v) is 11.3. The average Bonchev–Trinajstić information content (AvgIpc) is 3.08. The number of benzene rings is 2. The number of carbonyl (C=O) groups excluding carboxylic acids is 1. The second kappa shape index (κ2) is 7.61. The molecule has 0 bridgehead atoms. The van der Waals surface area contributed by atoms with Crippen LogP contribution >= 0.6 is 45.2 Å². The van der Waals surface area contributed by atoms with Crippen molar-refractivity contribution in [3.8, 4) is 0 Å². The van der Waals surface area contributed by atoms with Crippen molar-refractivity contribution in [3.05, 3.63) is 60.7 Å². The van der Waals surface area contributed by atoms with Gasteiger partial charge in [-0.05, 0) is 93.9 Å². The first kappa shape index (κ1) is 19.6. The number of rotatable bonds is 4. The lowest BCUT2D eigenvalue weighted by Crippen LogP contribution is -2.43. The molecule has 0 unspecified atom stereocenters. The van der Waals surface area contributed by atoms with Gasteiger partial charge in [-0.25, -0.2) is 0 Å². The first-order chi connectivity index (χ1) is 13.0. The maximum Gasteiger partial charge on any atom is 0.264 e. The van der Waals surface area contributed by atoms with Gasteiger partial charge in [-0.3, -0.25) is 4.79 Å². The maximum atomic E-state index is 13.7. The maximum absolute atomic E-state index is 13.7. The van der Waals surface area contributed by atoms with Crippen LogP contribution in [0.3, 0.4) is 0 Å². The molecule has 27 heavy (non-hydrogen) atoms. The molecule has 1 spiro atoms. The molecule has 1 N–H and O–H groups in total. The van der Waals surface area contributed by atoms with Gasteiger partial charge in [0, 0.05) is 25.2 Å². The second-order valence-corrected chi connectivity index (χ2v) is 9.80. The van der Waals surface area contributed by atoms with Crippen LogP contribution in [0.1, 0.15) is 30.9 Å². The molecule has 2 aliphatic rings. The van der Waals surface area contributed by atoms with Gasteiger partial charge in [-0.2, -0.15) is 0 Å². The smallest absolute Gasteiger partial charge is 0.264 e. The van der Waals surface area contributed by atoms with E-state index in [-0.39, 0.29) is 24.5 Å². The predicted octanol–water partition coefficient (Wildman–Crippen LogP) is 4.45. The molecule has 0 aliphatic carbocycles. The number of hydrogen-bond acceptors (Lipinski definition) is 3. The molecule has 4 nitrogen and oxygen atoms in total. The topological polar surface area (TPSA) is 49.8 Å². The zero-order valence-electron chi connectivity index (χ0n) is 15.0. The van der Waals surface area contributed by atoms with Gasteiger partial charge >= 0.3 is 0 Å². The van der Waals surface area contributed by atoms with Gasteiger partial charge in [0.2, 0.25) is 0 Å². The minimum absolute atomic E-state index is 0.0194. The van der Waals surface area contributed by atoms with E-state index in [0.29, 0.717) is 13.0 Å². The molecule has 4 rings (SSSR count). The number of ether oxygens (including phenoxy) is 1. The summed E-state index contributed by atoms with van der Waals surface area (Å²) in [5.74, 6) is 0.0891. The largest absolute Gasteiger partial charge is 0.396 e. The summed E-state index contributed by atoms with van der Waals surface area (Å²) in [5, 5.41) is 9.34. The summed E-state index contributed by atoms with van der Waals surface area (Å²) in [7, 11) is 0. The van der Waals surface area contributed by atoms with Gasteiger partial charge in [0.15, 0.2) is 5.60 Å². The molecule has 1 amide bonds. The summed E-state index contributed by atoms with van der Waals surface area (Å²) in [6.45, 7) is 2.70. The van der Waals surface area contributed by atoms with Crippen molar-refractivity contribution in [3.63, 3.8) is 0 Å². The van der Waals surface area contributed by atoms with Gasteiger partial charge in [-0.1, -0.05) is 19.1 Å². The van der Waals surface area contributed by atoms with Crippen molar-refractivity contribution >= 4 is 56.8 Å². The molecular weight excluding hydrogens is 568 g/mol. The van der Waals surface area contributed by atoms with Crippen molar-refractivity contribution in [1.82, 2.24) is 0 Å². The first-order valence-electron chi connectivity index (χ1n) is 9.11. The van der Waals surface area contributed by atoms with E-state index in [9.17, 15) is 9.90 Å². The Bertz CT molecular complexity index is 870. The molecule has 3 atom stereocenters. The third-order valence-corrected chi connectivity index (χ3v) is 6.97. The number of fused-ring (bicyclic) bond motifs is 2. The zero-order valence-corrected chi connectivity index (χ0v) is 19.3. The molecular formula is C21H21I2NO3. The van der Waals surface area contributed by atoms with Crippen LogP contribution in [-0.2, 0) is 21.7 Å². The summed E-state index contributed by atoms with van der Waals surface area (Å²) < 4.78 is 8.66. The Morgan fingerprint density at radius 3 is 2.59 bits per heavy atom. The number of aliphatic hydroxyl groups is 1. The highest BCUT2D eigenvalue weighted by molar-refractivity contribution is 14.1. The van der Waals surface area contributed by atoms with E-state index < -0.39 is 5.60 Å². The van der Waals surface area contributed by atoms with Crippen molar-refractivity contribution < 1.29 is 14.6 Å². The van der Waals surface area contributed by atoms with E-state index in [1.165, 1.54) is 3.57 Å². The summed E-state index contributed by atoms with van der Waals surface area (Å²) in [6.07, 6.45) is 1.27. The Morgan fingerprint density at radius 2 is 1.89 bits per heavy atom. The van der Waals surface area contributed by atoms with E-state index in [4.69, 9.17) is 4.74 Å². The lowest BCUT2D eigenvalue weighted by Gasteiger charge is -2.28. The third-order valence-electron chi connectivity index (χ3n) is 5.58. The van der Waals surface area contributed by atoms with Gasteiger partial charge in [-0.15, -0.1) is 0 Å². The van der Waals surface area contributed by atoms with E-state index in [1.54, 1.807) is 0 Å². The molecule has 1 fully saturated rings. The highest BCUT2D eigenvalue weighted by Crippen LogP contribution is 2.54. The molecule has 0 aromatic heterocycles. The van der Waals surface area contributed by atoms with Crippen molar-refractivity contribution in [2.75, 3.05) is 11.5 Å². The van der Waals surface area contributed by atoms with E-state index in [1.807, 2.05) is 17.0 Å². The fraction of sp³-hybridized carbons (Fsp3) is 0.381. The Hall–Kier alpha value is -0.710. The Labute approximate surface area is 186 Å². The molecule has 2 aromatic carbocycles. The zero-order chi connectivity index (χ0) is 19.2. The van der Waals surface area contributed by atoms with E-state index >= 15 is 0 Å². The van der Waals surface area contributed by atoms with Crippen LogP contribution in [0, 0.1) is 13.1 Å². The van der Waals surface area contributed by atoms with Crippen LogP contribution in [0.25, 0.3) is 0 Å². The highest BCUT2D eigenvalue weighted by atomic mass is 127. The van der Waals surface area contributed by atoms with Gasteiger partial charge < -0.3 is 14.7 Å². The number of anilines is 1. The third kappa shape index (κ3) is 3.32. The minimum Gasteiger partial charge on any atom is -0.396 e. The monoisotopic (exact) mass is 589 g/mol. The molecule has 2 aliphatic heterocycles. The molecule has 2 aromatic rings. The Balaban J connectivity index is 1.76. The minimum atomic E-state index is -0.931. The fourth-order valence-corrected chi connectivity index (χ4v) is 5.14. The molecule has 0 radical (unpaired) electrons. The van der Waals surface area contributed by atoms with E-state index in [2.05, 4.69) is 82.4 Å². The van der Waals surface area contributed by atoms with Crippen LogP contribution < -0.4 is 4.90 Å². The van der Waals surface area contributed by atoms with Crippen LogP contribution in [0.4, 0.5) is 5.69 Å². The van der Waals surface area contributed by atoms with E-state index in [0.717, 1.165) is 26.8 Å². The van der Waals surface area contributed by atoms with Crippen LogP contribution in [-0.4, -0.2) is 23.7 Å². The van der Waals surface area contributed by atoms with Gasteiger partial charge in [0.05, 0.1) is 18.3 Å². The molecule has 1 saturated heterocycles. The van der Waals surface area contributed by atoms with Crippen molar-refractivity contribution in [1.29, 1.82) is 0 Å². The van der Waals surface area contributed by atoms with Crippen LogP contribution in [0.5, 0.6) is 0 Å². The second-order valence-electron chi connectivity index (χ2n) is 7.30. The number of amides is 1. The summed E-state index contributed by atoms with van der Waals surface area (Å²) in [4.78, 5) is 15.5. The number of hydrogen-bond donors (Lipinski definition) is 1. The number of carbonyl (C=O) groups is 1. The SMILES string of the molecule is C[C@H]1C[C@@H](CCO)O[C@]12C(=O)N(Cc1ccc(I)cc1)c1ccc(I)cc12. The quantitative estimate of drug-likeness (QED) is 0.537. The highest BCUT2D eigenvalue weighted by Gasteiger charge is 2.59. The van der Waals surface area contributed by atoms with Gasteiger partial charge in [0.25, 0.3) is 5.91 Å². The number of nitrogens with zero attached hydrogens (tertiary/aromatic N) is 1. The summed E-state index contributed by atoms with van der Waals surface area (Å²) in [6, 6.07) is 14.4. The molecule has 6 heteroatoms. The fourth-order valence-electron chi connectivity index (χ4n) is 4.29. The lowest BCUT2D eigenvalue weighted by molar-refractivity contribution is -0.146. The average molecular weight is 589 g/mol. The number of aliphatic hydroxyl groups excluding tert-OH is 1. The summed E-state index contributed by atoms with van der Waals surface area (Å²) in [5.41, 5.74) is 2.08. The van der Waals surface area contributed by atoms with Crippen LogP contribution in [0.2, 0.25) is 0 Å². The van der Waals surface area contributed by atoms with Crippen molar-refractivity contribution in [2.45, 2.75) is 38.0 Å². The molecule has 0 saturated carbocycles. The van der Waals surface area contributed by atoms with Crippen LogP contribution in [0.15, 0.2) is 42.5 Å². The number of halogens is 2. The predicted molar refractivity (Wildman–Crippen MR) is 122 cm³/mol. The Morgan fingerprint density at radius 1 is 1.19 bits per heavy atom. The molecule has 142 valence electrons. The standard InChI is InChI=1S/C21H21I2NO3/c1-13-10-17(8-9-25)27-21(13)18-11-16(23)6-7-19(18)24(20(21)26)12-14-2-4-15(22)5-3-14/h2-7,11,13,17,25H,8-10,12H2,1H3/t13-,17+,21+/m0/s1. The Kier molecular flexibility index (Phi) is 5.52. The lowest BCUT2D eigenvalue weighted by atomic mass is 9.83. The summed E-state index contributed by atoms with van der Waals surface area (Å²) >= 11 is 4.57. The van der Waals surface area contributed by atoms with Gasteiger partial charge in [0.1, 0.15) is 0 Å². The normalized spacial score (nSPS) is 26.8. The van der Waals surface area contributed by atoms with Crippen molar-refractivity contribution in [2.24, 2.45) is 5.92 Å².